The highest BCUT2D eigenvalue weighted by Gasteiger charge is 2.13. The highest BCUT2D eigenvalue weighted by Crippen LogP contribution is 2.23. The van der Waals surface area contributed by atoms with Crippen LogP contribution in [-0.4, -0.2) is 26.4 Å². The third kappa shape index (κ3) is 5.61. The molecular formula is C25H24N4OS. The van der Waals surface area contributed by atoms with Crippen LogP contribution in [-0.2, 0) is 17.1 Å². The molecule has 0 bridgehead atoms. The first-order valence-corrected chi connectivity index (χ1v) is 11.3. The van der Waals surface area contributed by atoms with E-state index in [1.165, 1.54) is 11.1 Å². The van der Waals surface area contributed by atoms with E-state index in [0.717, 1.165) is 28.3 Å². The minimum atomic E-state index is 0.0193. The van der Waals surface area contributed by atoms with Crippen LogP contribution in [0, 0.1) is 6.92 Å². The number of thioether (sulfide) groups is 1. The Bertz CT molecular complexity index is 1140. The lowest BCUT2D eigenvalue weighted by Crippen LogP contribution is -2.24. The van der Waals surface area contributed by atoms with Crippen molar-refractivity contribution in [3.8, 4) is 16.9 Å². The van der Waals surface area contributed by atoms with E-state index >= 15 is 0 Å². The summed E-state index contributed by atoms with van der Waals surface area (Å²) >= 11 is 1.62. The van der Waals surface area contributed by atoms with Crippen molar-refractivity contribution in [3.63, 3.8) is 0 Å². The topological polar surface area (TPSA) is 59.8 Å². The molecular weight excluding hydrogens is 404 g/mol. The van der Waals surface area contributed by atoms with Gasteiger partial charge in [-0.05, 0) is 36.8 Å². The maximum Gasteiger partial charge on any atom is 0.230 e. The summed E-state index contributed by atoms with van der Waals surface area (Å²) in [7, 11) is 0. The highest BCUT2D eigenvalue weighted by molar-refractivity contribution is 7.99. The zero-order valence-electron chi connectivity index (χ0n) is 17.4. The van der Waals surface area contributed by atoms with Crippen molar-refractivity contribution < 1.29 is 4.79 Å². The molecule has 4 rings (SSSR count). The van der Waals surface area contributed by atoms with Crippen molar-refractivity contribution >= 4 is 17.7 Å². The van der Waals surface area contributed by atoms with Gasteiger partial charge in [-0.1, -0.05) is 48.0 Å². The summed E-state index contributed by atoms with van der Waals surface area (Å²) in [4.78, 5) is 16.5. The normalized spacial score (nSPS) is 10.7. The number of hydrogen-bond donors (Lipinski definition) is 1. The lowest BCUT2D eigenvalue weighted by Gasteiger charge is -2.06. The SMILES string of the molecule is Cc1cccc(CSCC(=O)NCc2cn(-c3ccccc3)nc2-c2ccncc2)c1. The standard InChI is InChI=1S/C25H24N4OS/c1-19-6-5-7-20(14-19)17-31-18-24(30)27-15-22-16-29(23-8-3-2-4-9-23)28-25(22)21-10-12-26-13-11-21/h2-14,16H,15,17-18H2,1H3,(H,27,30). The van der Waals surface area contributed by atoms with Crippen LogP contribution in [0.5, 0.6) is 0 Å². The Hall–Kier alpha value is -3.38. The van der Waals surface area contributed by atoms with Crippen LogP contribution >= 0.6 is 11.8 Å². The number of carbonyl (C=O) groups is 1. The third-order valence-electron chi connectivity index (χ3n) is 4.82. The van der Waals surface area contributed by atoms with Crippen molar-refractivity contribution in [3.05, 3.63) is 102 Å². The van der Waals surface area contributed by atoms with Crippen molar-refractivity contribution in [2.24, 2.45) is 0 Å². The Morgan fingerprint density at radius 1 is 1.03 bits per heavy atom. The smallest absolute Gasteiger partial charge is 0.230 e. The number of aromatic nitrogens is 3. The van der Waals surface area contributed by atoms with E-state index in [1.807, 2.05) is 53.3 Å². The number of carbonyl (C=O) groups excluding carboxylic acids is 1. The van der Waals surface area contributed by atoms with Crippen LogP contribution in [0.25, 0.3) is 16.9 Å². The van der Waals surface area contributed by atoms with E-state index in [0.29, 0.717) is 12.3 Å². The molecule has 0 aliphatic carbocycles. The molecule has 0 atom stereocenters. The maximum atomic E-state index is 12.4. The number of rotatable bonds is 8. The Morgan fingerprint density at radius 3 is 2.61 bits per heavy atom. The van der Waals surface area contributed by atoms with Gasteiger partial charge in [0.25, 0.3) is 0 Å². The molecule has 0 spiro atoms. The summed E-state index contributed by atoms with van der Waals surface area (Å²) in [5, 5.41) is 7.81. The average molecular weight is 429 g/mol. The van der Waals surface area contributed by atoms with Gasteiger partial charge in [0.15, 0.2) is 0 Å². The first-order valence-electron chi connectivity index (χ1n) is 10.1. The average Bonchev–Trinajstić information content (AvgIpc) is 3.23. The van der Waals surface area contributed by atoms with Gasteiger partial charge in [-0.2, -0.15) is 5.10 Å². The largest absolute Gasteiger partial charge is 0.351 e. The Balaban J connectivity index is 1.42. The molecule has 0 aliphatic rings. The number of aryl methyl sites for hydroxylation is 1. The molecule has 5 nitrogen and oxygen atoms in total. The highest BCUT2D eigenvalue weighted by atomic mass is 32.2. The zero-order chi connectivity index (χ0) is 21.5. The molecule has 31 heavy (non-hydrogen) atoms. The molecule has 2 heterocycles. The molecule has 0 fully saturated rings. The second-order valence-corrected chi connectivity index (χ2v) is 8.26. The van der Waals surface area contributed by atoms with Crippen molar-refractivity contribution in [2.75, 3.05) is 5.75 Å². The van der Waals surface area contributed by atoms with Crippen molar-refractivity contribution in [1.29, 1.82) is 0 Å². The molecule has 0 saturated carbocycles. The predicted octanol–water partition coefficient (Wildman–Crippen LogP) is 4.79. The van der Waals surface area contributed by atoms with E-state index in [-0.39, 0.29) is 5.91 Å². The van der Waals surface area contributed by atoms with Gasteiger partial charge >= 0.3 is 0 Å². The fourth-order valence-electron chi connectivity index (χ4n) is 3.31. The Morgan fingerprint density at radius 2 is 1.84 bits per heavy atom. The second-order valence-electron chi connectivity index (χ2n) is 7.28. The van der Waals surface area contributed by atoms with Gasteiger partial charge in [-0.3, -0.25) is 9.78 Å². The van der Waals surface area contributed by atoms with E-state index < -0.39 is 0 Å². The molecule has 1 N–H and O–H groups in total. The molecule has 0 saturated heterocycles. The maximum absolute atomic E-state index is 12.4. The fourth-order valence-corrected chi connectivity index (χ4v) is 4.12. The van der Waals surface area contributed by atoms with Crippen LogP contribution in [0.3, 0.4) is 0 Å². The molecule has 0 aliphatic heterocycles. The number of amides is 1. The van der Waals surface area contributed by atoms with Crippen LogP contribution in [0.1, 0.15) is 16.7 Å². The van der Waals surface area contributed by atoms with Crippen LogP contribution < -0.4 is 5.32 Å². The number of pyridine rings is 1. The quantitative estimate of drug-likeness (QED) is 0.438. The molecule has 0 radical (unpaired) electrons. The van der Waals surface area contributed by atoms with Crippen LogP contribution in [0.2, 0.25) is 0 Å². The Kier molecular flexibility index (Phi) is 6.79. The van der Waals surface area contributed by atoms with Crippen molar-refractivity contribution in [1.82, 2.24) is 20.1 Å². The summed E-state index contributed by atoms with van der Waals surface area (Å²) in [6.45, 7) is 2.51. The van der Waals surface area contributed by atoms with Gasteiger partial charge < -0.3 is 5.32 Å². The fraction of sp³-hybridized carbons (Fsp3) is 0.160. The summed E-state index contributed by atoms with van der Waals surface area (Å²) < 4.78 is 1.85. The summed E-state index contributed by atoms with van der Waals surface area (Å²) in [6, 6.07) is 22.2. The summed E-state index contributed by atoms with van der Waals surface area (Å²) in [5.74, 6) is 1.26. The molecule has 156 valence electrons. The first kappa shape index (κ1) is 20.9. The number of hydrogen-bond acceptors (Lipinski definition) is 4. The van der Waals surface area contributed by atoms with Gasteiger partial charge in [0.1, 0.15) is 0 Å². The molecule has 0 unspecified atom stereocenters. The molecule has 2 aromatic heterocycles. The molecule has 6 heteroatoms. The minimum Gasteiger partial charge on any atom is -0.351 e. The lowest BCUT2D eigenvalue weighted by atomic mass is 10.1. The monoisotopic (exact) mass is 428 g/mol. The minimum absolute atomic E-state index is 0.0193. The summed E-state index contributed by atoms with van der Waals surface area (Å²) in [6.07, 6.45) is 5.48. The Labute approximate surface area is 186 Å². The van der Waals surface area contributed by atoms with Gasteiger partial charge in [-0.15, -0.1) is 11.8 Å². The van der Waals surface area contributed by atoms with Crippen molar-refractivity contribution in [2.45, 2.75) is 19.2 Å². The van der Waals surface area contributed by atoms with Crippen LogP contribution in [0.15, 0.2) is 85.3 Å². The molecule has 1 amide bonds. The zero-order valence-corrected chi connectivity index (χ0v) is 18.2. The number of para-hydroxylation sites is 1. The number of nitrogens with zero attached hydrogens (tertiary/aromatic N) is 3. The van der Waals surface area contributed by atoms with E-state index in [1.54, 1.807) is 24.2 Å². The summed E-state index contributed by atoms with van der Waals surface area (Å²) in [5.41, 5.74) is 6.24. The van der Waals surface area contributed by atoms with E-state index in [2.05, 4.69) is 41.5 Å². The first-order chi connectivity index (χ1) is 15.2. The van der Waals surface area contributed by atoms with Gasteiger partial charge in [0.05, 0.1) is 17.1 Å². The van der Waals surface area contributed by atoms with E-state index in [4.69, 9.17) is 5.10 Å². The molecule has 2 aromatic carbocycles. The van der Waals surface area contributed by atoms with E-state index in [9.17, 15) is 4.79 Å². The van der Waals surface area contributed by atoms with Gasteiger partial charge in [-0.25, -0.2) is 4.68 Å². The third-order valence-corrected chi connectivity index (χ3v) is 5.83. The lowest BCUT2D eigenvalue weighted by molar-refractivity contribution is -0.118. The number of benzene rings is 2. The number of nitrogens with one attached hydrogen (secondary N) is 1. The molecule has 4 aromatic rings. The van der Waals surface area contributed by atoms with Crippen LogP contribution in [0.4, 0.5) is 0 Å². The van der Waals surface area contributed by atoms with Gasteiger partial charge in [0, 0.05) is 42.0 Å². The van der Waals surface area contributed by atoms with Gasteiger partial charge in [0.2, 0.25) is 5.91 Å². The predicted molar refractivity (Wildman–Crippen MR) is 126 cm³/mol. The second kappa shape index (κ2) is 10.1.